The molecule has 0 bridgehead atoms. The molecule has 0 N–H and O–H groups in total. The monoisotopic (exact) mass is 879 g/mol. The Labute approximate surface area is 390 Å². The van der Waals surface area contributed by atoms with Gasteiger partial charge < -0.3 is 14.2 Å². The molecule has 64 heavy (non-hydrogen) atoms. The van der Waals surface area contributed by atoms with Crippen LogP contribution >= 0.6 is 0 Å². The second-order valence-electron chi connectivity index (χ2n) is 15.4. The van der Waals surface area contributed by atoms with Crippen molar-refractivity contribution >= 4 is 17.9 Å². The maximum Gasteiger partial charge on any atom is 0.306 e. The van der Waals surface area contributed by atoms with Crippen LogP contribution in [0.5, 0.6) is 0 Å². The number of hydrogen-bond acceptors (Lipinski definition) is 6. The van der Waals surface area contributed by atoms with E-state index in [2.05, 4.69) is 130 Å². The molecule has 0 aliphatic heterocycles. The summed E-state index contributed by atoms with van der Waals surface area (Å²) in [6.45, 7) is 6.15. The first-order valence-electron chi connectivity index (χ1n) is 24.6. The highest BCUT2D eigenvalue weighted by Gasteiger charge is 2.19. The van der Waals surface area contributed by atoms with Crippen LogP contribution in [0.15, 0.2) is 158 Å². The lowest BCUT2D eigenvalue weighted by atomic mass is 10.1. The number of carbonyl (C=O) groups excluding carboxylic acids is 3. The molecule has 6 nitrogen and oxygen atoms in total. The molecule has 0 heterocycles. The van der Waals surface area contributed by atoms with Crippen molar-refractivity contribution in [1.82, 2.24) is 0 Å². The standard InChI is InChI=1S/C58H86O6/c1-4-7-10-13-16-19-21-23-25-27-29-31-32-34-36-39-42-45-48-51-57(60)63-54-55(53-62-56(59)50-47-44-41-38-18-15-12-9-6-3)64-58(61)52-49-46-43-40-37-35-33-30-28-26-24-22-20-17-14-11-8-5-2/h7,9-12,14,16-20,22-26,28-31,33-34,36,38,42,45,55H,4-6,8,13,15,21,27,32,35,37,39-41,43-44,46-54H2,1-3H3/b10-7-,12-9-,14-11-,19-16-,20-17-,24-22-,25-23-,28-26-,31-29-,33-30-,36-34-,38-18-,45-42-. The van der Waals surface area contributed by atoms with Crippen LogP contribution in [0, 0.1) is 0 Å². The van der Waals surface area contributed by atoms with Crippen molar-refractivity contribution < 1.29 is 28.6 Å². The fourth-order valence-electron chi connectivity index (χ4n) is 5.77. The topological polar surface area (TPSA) is 78.9 Å². The van der Waals surface area contributed by atoms with Gasteiger partial charge >= 0.3 is 17.9 Å². The van der Waals surface area contributed by atoms with Crippen LogP contribution in [-0.2, 0) is 28.6 Å². The summed E-state index contributed by atoms with van der Waals surface area (Å²) in [5.41, 5.74) is 0. The van der Waals surface area contributed by atoms with Gasteiger partial charge in [-0.3, -0.25) is 14.4 Å². The molecule has 0 radical (unpaired) electrons. The minimum Gasteiger partial charge on any atom is -0.462 e. The van der Waals surface area contributed by atoms with Crippen molar-refractivity contribution in [2.24, 2.45) is 0 Å². The molecule has 0 aliphatic rings. The zero-order valence-electron chi connectivity index (χ0n) is 40.2. The molecule has 0 aromatic carbocycles. The quantitative estimate of drug-likeness (QED) is 0.0200. The average Bonchev–Trinajstić information content (AvgIpc) is 3.29. The zero-order valence-corrected chi connectivity index (χ0v) is 40.2. The van der Waals surface area contributed by atoms with Gasteiger partial charge in [0.2, 0.25) is 0 Å². The average molecular weight is 879 g/mol. The number of allylic oxidation sites excluding steroid dienone is 26. The van der Waals surface area contributed by atoms with Gasteiger partial charge in [-0.1, -0.05) is 204 Å². The van der Waals surface area contributed by atoms with E-state index in [1.807, 2.05) is 48.6 Å². The summed E-state index contributed by atoms with van der Waals surface area (Å²) in [5, 5.41) is 0. The van der Waals surface area contributed by atoms with Crippen molar-refractivity contribution in [2.75, 3.05) is 13.2 Å². The number of hydrogen-bond donors (Lipinski definition) is 0. The second kappa shape index (κ2) is 50.7. The van der Waals surface area contributed by atoms with Crippen LogP contribution in [0.2, 0.25) is 0 Å². The van der Waals surface area contributed by atoms with Gasteiger partial charge in [0.1, 0.15) is 13.2 Å². The van der Waals surface area contributed by atoms with Gasteiger partial charge in [0, 0.05) is 19.3 Å². The minimum absolute atomic E-state index is 0.137. The Hall–Kier alpha value is -4.97. The molecule has 0 spiro atoms. The largest absolute Gasteiger partial charge is 0.462 e. The van der Waals surface area contributed by atoms with Crippen molar-refractivity contribution in [3.63, 3.8) is 0 Å². The van der Waals surface area contributed by atoms with Crippen molar-refractivity contribution in [1.29, 1.82) is 0 Å². The number of esters is 3. The maximum absolute atomic E-state index is 12.8. The summed E-state index contributed by atoms with van der Waals surface area (Å²) < 4.78 is 16.6. The molecule has 0 rings (SSSR count). The van der Waals surface area contributed by atoms with Gasteiger partial charge in [-0.15, -0.1) is 0 Å². The fraction of sp³-hybridized carbons (Fsp3) is 0.500. The number of ether oxygens (including phenoxy) is 3. The predicted molar refractivity (Wildman–Crippen MR) is 274 cm³/mol. The molecule has 0 saturated carbocycles. The third-order valence-electron chi connectivity index (χ3n) is 9.37. The van der Waals surface area contributed by atoms with Gasteiger partial charge in [-0.05, 0) is 103 Å². The van der Waals surface area contributed by atoms with Crippen molar-refractivity contribution in [2.45, 2.75) is 175 Å². The van der Waals surface area contributed by atoms with Gasteiger partial charge in [-0.25, -0.2) is 0 Å². The van der Waals surface area contributed by atoms with E-state index in [1.165, 1.54) is 6.42 Å². The van der Waals surface area contributed by atoms with Gasteiger partial charge in [0.05, 0.1) is 0 Å². The van der Waals surface area contributed by atoms with E-state index in [1.54, 1.807) is 0 Å². The molecule has 1 unspecified atom stereocenters. The Morgan fingerprint density at radius 2 is 0.703 bits per heavy atom. The van der Waals surface area contributed by atoms with E-state index in [9.17, 15) is 14.4 Å². The van der Waals surface area contributed by atoms with E-state index in [4.69, 9.17) is 14.2 Å². The van der Waals surface area contributed by atoms with Crippen LogP contribution in [0.1, 0.15) is 168 Å². The smallest absolute Gasteiger partial charge is 0.306 e. The van der Waals surface area contributed by atoms with E-state index >= 15 is 0 Å². The lowest BCUT2D eigenvalue weighted by Crippen LogP contribution is -2.30. The third-order valence-corrected chi connectivity index (χ3v) is 9.37. The fourth-order valence-corrected chi connectivity index (χ4v) is 5.77. The number of rotatable bonds is 41. The Bertz CT molecular complexity index is 1520. The maximum atomic E-state index is 12.8. The molecule has 6 heteroatoms. The van der Waals surface area contributed by atoms with E-state index < -0.39 is 6.10 Å². The van der Waals surface area contributed by atoms with Gasteiger partial charge in [0.25, 0.3) is 0 Å². The van der Waals surface area contributed by atoms with Crippen LogP contribution < -0.4 is 0 Å². The lowest BCUT2D eigenvalue weighted by Gasteiger charge is -2.18. The molecule has 0 amide bonds. The van der Waals surface area contributed by atoms with Crippen molar-refractivity contribution in [3.05, 3.63) is 158 Å². The highest BCUT2D eigenvalue weighted by molar-refractivity contribution is 5.71. The highest BCUT2D eigenvalue weighted by atomic mass is 16.6. The van der Waals surface area contributed by atoms with E-state index in [-0.39, 0.29) is 50.4 Å². The molecular formula is C58H86O6. The Morgan fingerprint density at radius 1 is 0.344 bits per heavy atom. The minimum atomic E-state index is -0.842. The summed E-state index contributed by atoms with van der Waals surface area (Å²) in [4.78, 5) is 37.8. The second-order valence-corrected chi connectivity index (χ2v) is 15.4. The molecule has 0 saturated heterocycles. The molecule has 0 aromatic rings. The highest BCUT2D eigenvalue weighted by Crippen LogP contribution is 2.11. The molecule has 0 fully saturated rings. The first-order valence-corrected chi connectivity index (χ1v) is 24.6. The molecule has 1 atom stereocenters. The first kappa shape index (κ1) is 59.0. The van der Waals surface area contributed by atoms with E-state index in [0.717, 1.165) is 103 Å². The van der Waals surface area contributed by atoms with Crippen molar-refractivity contribution in [3.8, 4) is 0 Å². The summed E-state index contributed by atoms with van der Waals surface area (Å²) >= 11 is 0. The number of carbonyl (C=O) groups is 3. The summed E-state index contributed by atoms with van der Waals surface area (Å²) in [5.74, 6) is -1.10. The Morgan fingerprint density at radius 3 is 1.22 bits per heavy atom. The zero-order chi connectivity index (χ0) is 46.5. The summed E-state index contributed by atoms with van der Waals surface area (Å²) in [6, 6.07) is 0. The lowest BCUT2D eigenvalue weighted by molar-refractivity contribution is -0.166. The Kier molecular flexibility index (Phi) is 46.7. The third kappa shape index (κ3) is 48.1. The Balaban J connectivity index is 4.58. The van der Waals surface area contributed by atoms with Crippen LogP contribution in [0.3, 0.4) is 0 Å². The molecule has 0 aliphatic carbocycles. The van der Waals surface area contributed by atoms with Crippen LogP contribution in [0.4, 0.5) is 0 Å². The number of unbranched alkanes of at least 4 members (excludes halogenated alkanes) is 8. The molecular weight excluding hydrogens is 793 g/mol. The molecule has 0 aromatic heterocycles. The van der Waals surface area contributed by atoms with Gasteiger partial charge in [0.15, 0.2) is 6.10 Å². The molecule has 354 valence electrons. The summed E-state index contributed by atoms with van der Waals surface area (Å²) in [6.07, 6.45) is 73.9. The van der Waals surface area contributed by atoms with Gasteiger partial charge in [-0.2, -0.15) is 0 Å². The SMILES string of the molecule is CC/C=C\C/C=C\C/C=C\C/C=C\C/C=C\C/C=C\CCC(=O)OCC(COC(=O)CCCC/C=C\C/C=C\CC)OC(=O)CCCCCCC\C=C/C=C\C=C/C=C\C=C/CCC. The van der Waals surface area contributed by atoms with E-state index in [0.29, 0.717) is 19.3 Å². The van der Waals surface area contributed by atoms with Crippen LogP contribution in [0.25, 0.3) is 0 Å². The predicted octanol–water partition coefficient (Wildman–Crippen LogP) is 16.2. The van der Waals surface area contributed by atoms with Crippen LogP contribution in [-0.4, -0.2) is 37.2 Å². The summed E-state index contributed by atoms with van der Waals surface area (Å²) in [7, 11) is 0. The first-order chi connectivity index (χ1) is 31.5. The normalized spacial score (nSPS) is 13.5.